The van der Waals surface area contributed by atoms with Crippen LogP contribution in [0.4, 0.5) is 4.79 Å². The van der Waals surface area contributed by atoms with Gasteiger partial charge in [0, 0.05) is 16.9 Å². The zero-order valence-corrected chi connectivity index (χ0v) is 19.4. The fraction of sp³-hybridized carbons (Fsp3) is 0.421. The Bertz CT molecular complexity index is 1010. The summed E-state index contributed by atoms with van der Waals surface area (Å²) in [6.45, 7) is 6.52. The summed E-state index contributed by atoms with van der Waals surface area (Å²) in [5.74, 6) is 0.0734. The summed E-state index contributed by atoms with van der Waals surface area (Å²) in [7, 11) is -7.84. The molecule has 0 fully saturated rings. The molecule has 1 aromatic carbocycles. The van der Waals surface area contributed by atoms with Gasteiger partial charge < -0.3 is 15.2 Å². The number of sulfonamides is 2. The van der Waals surface area contributed by atoms with Crippen LogP contribution in [0.25, 0.3) is 0 Å². The van der Waals surface area contributed by atoms with Gasteiger partial charge in [0.05, 0.1) is 6.04 Å². The molecular formula is C19H29N3O7S2. The highest BCUT2D eigenvalue weighted by Gasteiger charge is 2.19. The maximum absolute atomic E-state index is 12.3. The van der Waals surface area contributed by atoms with Crippen LogP contribution in [0.1, 0.15) is 33.3 Å². The van der Waals surface area contributed by atoms with Gasteiger partial charge in [-0.25, -0.2) is 31.5 Å². The smallest absolute Gasteiger partial charge is 0.408 e. The molecule has 0 saturated heterocycles. The quantitative estimate of drug-likeness (QED) is 0.419. The fourth-order valence-electron chi connectivity index (χ4n) is 2.28. The van der Waals surface area contributed by atoms with Crippen molar-refractivity contribution in [2.24, 2.45) is 5.14 Å². The minimum Gasteiger partial charge on any atom is -0.508 e. The van der Waals surface area contributed by atoms with Crippen LogP contribution in [0.5, 0.6) is 5.75 Å². The maximum Gasteiger partial charge on any atom is 0.408 e. The number of benzene rings is 1. The van der Waals surface area contributed by atoms with Crippen LogP contribution in [0.3, 0.4) is 0 Å². The van der Waals surface area contributed by atoms with Crippen molar-refractivity contribution in [1.82, 2.24) is 10.0 Å². The van der Waals surface area contributed by atoms with Crippen LogP contribution in [0.15, 0.2) is 47.2 Å². The van der Waals surface area contributed by atoms with Crippen molar-refractivity contribution in [3.8, 4) is 5.75 Å². The van der Waals surface area contributed by atoms with Gasteiger partial charge in [0.2, 0.25) is 20.0 Å². The van der Waals surface area contributed by atoms with E-state index in [1.54, 1.807) is 32.9 Å². The predicted octanol–water partition coefficient (Wildman–Crippen LogP) is 1.45. The zero-order chi connectivity index (χ0) is 23.9. The van der Waals surface area contributed by atoms with Crippen molar-refractivity contribution in [2.75, 3.05) is 0 Å². The van der Waals surface area contributed by atoms with E-state index < -0.39 is 43.8 Å². The molecule has 0 spiro atoms. The second-order valence-electron chi connectivity index (χ2n) is 7.82. The molecule has 0 heterocycles. The molecule has 12 heteroatoms. The lowest BCUT2D eigenvalue weighted by atomic mass is 10.1. The number of phenolic OH excluding ortho intramolecular Hbond substituents is 1. The minimum absolute atomic E-state index is 0.0734. The first-order valence-corrected chi connectivity index (χ1v) is 12.4. The van der Waals surface area contributed by atoms with Crippen molar-refractivity contribution in [3.63, 3.8) is 0 Å². The molecule has 0 saturated carbocycles. The highest BCUT2D eigenvalue weighted by Crippen LogP contribution is 2.13. The number of nitrogens with two attached hydrogens (primary N) is 1. The summed E-state index contributed by atoms with van der Waals surface area (Å²) in [4.78, 5) is 12.1. The Kier molecular flexibility index (Phi) is 9.24. The van der Waals surface area contributed by atoms with Crippen molar-refractivity contribution in [2.45, 2.75) is 51.8 Å². The highest BCUT2D eigenvalue weighted by atomic mass is 32.2. The monoisotopic (exact) mass is 475 g/mol. The standard InChI is InChI=1S/C19H29N3O7S2/c1-14(9-11-30(20,25)26)22-31(27,28)12-10-16(21-18(24)29-19(2,3)4)13-15-5-7-17(23)8-6-15/h5-12,14,16,22-23H,13H2,1-4H3,(H,21,24)(H2,20,25,26)/b11-9+,12-10+/t14-,16+/m0/s1. The molecule has 10 nitrogen and oxygen atoms in total. The normalized spacial score (nSPS) is 15.1. The Morgan fingerprint density at radius 2 is 1.71 bits per heavy atom. The van der Waals surface area contributed by atoms with E-state index in [2.05, 4.69) is 10.0 Å². The molecule has 0 radical (unpaired) electrons. The second-order valence-corrected chi connectivity index (χ2v) is 10.9. The number of hydrogen-bond acceptors (Lipinski definition) is 7. The number of alkyl carbamates (subject to hydrolysis) is 1. The van der Waals surface area contributed by atoms with Crippen LogP contribution >= 0.6 is 0 Å². The second kappa shape index (κ2) is 10.8. The van der Waals surface area contributed by atoms with Crippen molar-refractivity contribution in [1.29, 1.82) is 0 Å². The molecule has 5 N–H and O–H groups in total. The van der Waals surface area contributed by atoms with Gasteiger partial charge >= 0.3 is 6.09 Å². The third kappa shape index (κ3) is 12.8. The summed E-state index contributed by atoms with van der Waals surface area (Å²) in [5.41, 5.74) is -0.00591. The van der Waals surface area contributed by atoms with E-state index in [4.69, 9.17) is 9.88 Å². The Morgan fingerprint density at radius 1 is 1.13 bits per heavy atom. The molecule has 0 aliphatic rings. The molecule has 31 heavy (non-hydrogen) atoms. The van der Waals surface area contributed by atoms with Crippen molar-refractivity contribution < 1.29 is 31.5 Å². The Hall–Kier alpha value is -2.41. The lowest BCUT2D eigenvalue weighted by molar-refractivity contribution is 0.0514. The number of ether oxygens (including phenoxy) is 1. The molecule has 2 atom stereocenters. The summed E-state index contributed by atoms with van der Waals surface area (Å²) in [6, 6.07) is 4.64. The number of aromatic hydroxyl groups is 1. The van der Waals surface area contributed by atoms with Crippen LogP contribution in [0, 0.1) is 0 Å². The van der Waals surface area contributed by atoms with Gasteiger partial charge in [0.25, 0.3) is 0 Å². The van der Waals surface area contributed by atoms with Gasteiger partial charge in [0.1, 0.15) is 11.4 Å². The van der Waals surface area contributed by atoms with Gasteiger partial charge in [0.15, 0.2) is 0 Å². The van der Waals surface area contributed by atoms with Crippen molar-refractivity contribution >= 4 is 26.1 Å². The number of carbonyl (C=O) groups excluding carboxylic acids is 1. The number of amides is 1. The molecule has 0 aliphatic carbocycles. The number of phenols is 1. The number of rotatable bonds is 9. The highest BCUT2D eigenvalue weighted by molar-refractivity contribution is 7.92. The third-order valence-corrected chi connectivity index (χ3v) is 5.24. The molecule has 1 aromatic rings. The van der Waals surface area contributed by atoms with E-state index in [-0.39, 0.29) is 12.2 Å². The number of primary sulfonamides is 1. The van der Waals surface area contributed by atoms with Gasteiger partial charge in [-0.3, -0.25) is 0 Å². The van der Waals surface area contributed by atoms with Gasteiger partial charge in [-0.05, 0) is 57.9 Å². The lowest BCUT2D eigenvalue weighted by Crippen LogP contribution is -2.39. The Balaban J connectivity index is 2.97. The SMILES string of the molecule is C[C@@H](/C=C/S(N)(=O)=O)NS(=O)(=O)/C=C/[C@H](Cc1ccc(O)cc1)NC(=O)OC(C)(C)C. The summed E-state index contributed by atoms with van der Waals surface area (Å²) in [5, 5.41) is 18.4. The molecule has 174 valence electrons. The molecular weight excluding hydrogens is 446 g/mol. The van der Waals surface area contributed by atoms with Crippen LogP contribution in [-0.2, 0) is 31.2 Å². The van der Waals surface area contributed by atoms with E-state index in [1.165, 1.54) is 25.1 Å². The van der Waals surface area contributed by atoms with E-state index >= 15 is 0 Å². The minimum atomic E-state index is -3.96. The molecule has 0 aromatic heterocycles. The molecule has 0 aliphatic heterocycles. The van der Waals surface area contributed by atoms with Crippen LogP contribution in [0.2, 0.25) is 0 Å². The first-order chi connectivity index (χ1) is 14.0. The molecule has 0 unspecified atom stereocenters. The van der Waals surface area contributed by atoms with Crippen LogP contribution in [-0.4, -0.2) is 45.7 Å². The topological polar surface area (TPSA) is 165 Å². The number of nitrogens with one attached hydrogen (secondary N) is 2. The number of carbonyl (C=O) groups is 1. The van der Waals surface area contributed by atoms with Gasteiger partial charge in [-0.2, -0.15) is 0 Å². The first-order valence-electron chi connectivity index (χ1n) is 9.24. The molecule has 0 bridgehead atoms. The summed E-state index contributed by atoms with van der Waals surface area (Å²) < 4.78 is 53.9. The Morgan fingerprint density at radius 3 is 2.23 bits per heavy atom. The number of hydrogen-bond donors (Lipinski definition) is 4. The van der Waals surface area contributed by atoms with Crippen LogP contribution < -0.4 is 15.2 Å². The molecule has 1 amide bonds. The zero-order valence-electron chi connectivity index (χ0n) is 17.8. The lowest BCUT2D eigenvalue weighted by Gasteiger charge is -2.22. The Labute approximate surface area is 183 Å². The van der Waals surface area contributed by atoms with E-state index in [0.717, 1.165) is 17.0 Å². The largest absolute Gasteiger partial charge is 0.508 e. The van der Waals surface area contributed by atoms with Gasteiger partial charge in [-0.15, -0.1) is 0 Å². The van der Waals surface area contributed by atoms with E-state index in [1.807, 2.05) is 0 Å². The third-order valence-electron chi connectivity index (χ3n) is 3.49. The summed E-state index contributed by atoms with van der Waals surface area (Å²) >= 11 is 0. The summed E-state index contributed by atoms with van der Waals surface area (Å²) in [6.07, 6.45) is 1.87. The average Bonchev–Trinajstić information content (AvgIpc) is 2.57. The maximum atomic E-state index is 12.3. The van der Waals surface area contributed by atoms with E-state index in [0.29, 0.717) is 5.41 Å². The van der Waals surface area contributed by atoms with Gasteiger partial charge in [-0.1, -0.05) is 18.2 Å². The fourth-order valence-corrected chi connectivity index (χ4v) is 3.80. The van der Waals surface area contributed by atoms with E-state index in [9.17, 15) is 26.7 Å². The van der Waals surface area contributed by atoms with Crippen molar-refractivity contribution in [3.05, 3.63) is 52.8 Å². The molecule has 1 rings (SSSR count). The first kappa shape index (κ1) is 26.6. The average molecular weight is 476 g/mol. The predicted molar refractivity (Wildman–Crippen MR) is 118 cm³/mol.